The van der Waals surface area contributed by atoms with E-state index in [4.69, 9.17) is 0 Å². The fraction of sp³-hybridized carbons (Fsp3) is 0.385. The highest BCUT2D eigenvalue weighted by Crippen LogP contribution is 2.14. The lowest BCUT2D eigenvalue weighted by molar-refractivity contribution is 0.0939. The van der Waals surface area contributed by atoms with Gasteiger partial charge in [-0.25, -0.2) is 4.98 Å². The van der Waals surface area contributed by atoms with Gasteiger partial charge in [0, 0.05) is 6.92 Å². The minimum absolute atomic E-state index is 0.00574. The third kappa shape index (κ3) is 2.48. The Morgan fingerprint density at radius 2 is 1.88 bits per heavy atom. The van der Waals surface area contributed by atoms with Crippen molar-refractivity contribution in [2.75, 3.05) is 0 Å². The second-order valence-electron chi connectivity index (χ2n) is 3.71. The Kier molecular flexibility index (Phi) is 4.23. The highest BCUT2D eigenvalue weighted by molar-refractivity contribution is 5.89. The SMILES string of the molecule is CC(=O)n1c(C)nc2ccccc21.CCC. The third-order valence-corrected chi connectivity index (χ3v) is 2.04. The normalized spacial score (nSPS) is 9.75. The molecule has 0 unspecified atom stereocenters. The molecular formula is C13H18N2O. The molecule has 1 heterocycles. The van der Waals surface area contributed by atoms with Crippen LogP contribution < -0.4 is 0 Å². The van der Waals surface area contributed by atoms with Crippen molar-refractivity contribution in [1.82, 2.24) is 9.55 Å². The molecule has 0 saturated carbocycles. The van der Waals surface area contributed by atoms with Crippen LogP contribution in [0, 0.1) is 6.92 Å². The number of fused-ring (bicyclic) bond motifs is 1. The fourth-order valence-electron chi connectivity index (χ4n) is 1.54. The zero-order chi connectivity index (χ0) is 12.1. The Balaban J connectivity index is 0.000000386. The van der Waals surface area contributed by atoms with Gasteiger partial charge in [-0.1, -0.05) is 32.4 Å². The number of nitrogens with zero attached hydrogens (tertiary/aromatic N) is 2. The van der Waals surface area contributed by atoms with E-state index < -0.39 is 0 Å². The standard InChI is InChI=1S/C10H10N2O.C3H8/c1-7-11-9-5-3-4-6-10(9)12(7)8(2)13;1-3-2/h3-6H,1-2H3;3H2,1-2H3. The molecule has 0 atom stereocenters. The van der Waals surface area contributed by atoms with Crippen LogP contribution in [-0.2, 0) is 0 Å². The smallest absolute Gasteiger partial charge is 0.229 e. The molecule has 0 N–H and O–H groups in total. The Bertz CT molecular complexity index is 486. The predicted octanol–water partition coefficient (Wildman–Crippen LogP) is 3.42. The summed E-state index contributed by atoms with van der Waals surface area (Å²) in [7, 11) is 0. The summed E-state index contributed by atoms with van der Waals surface area (Å²) in [5.74, 6) is 0.750. The number of hydrogen-bond acceptors (Lipinski definition) is 2. The van der Waals surface area contributed by atoms with E-state index in [1.807, 2.05) is 31.2 Å². The number of hydrogen-bond donors (Lipinski definition) is 0. The molecule has 16 heavy (non-hydrogen) atoms. The van der Waals surface area contributed by atoms with Gasteiger partial charge in [0.15, 0.2) is 0 Å². The number of para-hydroxylation sites is 2. The first-order chi connectivity index (χ1) is 7.61. The molecule has 86 valence electrons. The fourth-order valence-corrected chi connectivity index (χ4v) is 1.54. The van der Waals surface area contributed by atoms with Gasteiger partial charge >= 0.3 is 0 Å². The molecule has 3 nitrogen and oxygen atoms in total. The van der Waals surface area contributed by atoms with Gasteiger partial charge in [0.1, 0.15) is 5.82 Å². The van der Waals surface area contributed by atoms with Crippen LogP contribution in [0.4, 0.5) is 0 Å². The summed E-state index contributed by atoms with van der Waals surface area (Å²) in [5.41, 5.74) is 1.75. The van der Waals surface area contributed by atoms with Crippen LogP contribution >= 0.6 is 0 Å². The van der Waals surface area contributed by atoms with E-state index in [0.29, 0.717) is 0 Å². The van der Waals surface area contributed by atoms with Crippen molar-refractivity contribution < 1.29 is 4.79 Å². The van der Waals surface area contributed by atoms with Crippen LogP contribution in [0.15, 0.2) is 24.3 Å². The van der Waals surface area contributed by atoms with E-state index in [0.717, 1.165) is 16.9 Å². The van der Waals surface area contributed by atoms with Crippen LogP contribution in [0.1, 0.15) is 37.8 Å². The van der Waals surface area contributed by atoms with Crippen molar-refractivity contribution in [3.63, 3.8) is 0 Å². The molecule has 2 aromatic rings. The molecule has 0 saturated heterocycles. The lowest BCUT2D eigenvalue weighted by atomic mass is 10.3. The van der Waals surface area contributed by atoms with E-state index in [-0.39, 0.29) is 5.91 Å². The minimum Gasteiger partial charge on any atom is -0.274 e. The van der Waals surface area contributed by atoms with Gasteiger partial charge in [0.25, 0.3) is 0 Å². The van der Waals surface area contributed by atoms with E-state index >= 15 is 0 Å². The van der Waals surface area contributed by atoms with Gasteiger partial charge in [0.2, 0.25) is 5.91 Å². The summed E-state index contributed by atoms with van der Waals surface area (Å²) in [4.78, 5) is 15.5. The molecule has 0 radical (unpaired) electrons. The Labute approximate surface area is 96.1 Å². The van der Waals surface area contributed by atoms with E-state index in [1.54, 1.807) is 11.5 Å². The van der Waals surface area contributed by atoms with Crippen molar-refractivity contribution in [2.24, 2.45) is 0 Å². The average molecular weight is 218 g/mol. The number of rotatable bonds is 0. The lowest BCUT2D eigenvalue weighted by Gasteiger charge is -1.98. The number of carbonyl (C=O) groups is 1. The van der Waals surface area contributed by atoms with Gasteiger partial charge < -0.3 is 0 Å². The first-order valence-electron chi connectivity index (χ1n) is 5.56. The van der Waals surface area contributed by atoms with Crippen LogP contribution in [0.3, 0.4) is 0 Å². The summed E-state index contributed by atoms with van der Waals surface area (Å²) in [6.45, 7) is 7.63. The zero-order valence-electron chi connectivity index (χ0n) is 10.3. The topological polar surface area (TPSA) is 34.9 Å². The van der Waals surface area contributed by atoms with Crippen molar-refractivity contribution in [1.29, 1.82) is 0 Å². The predicted molar refractivity (Wildman–Crippen MR) is 66.7 cm³/mol. The maximum absolute atomic E-state index is 11.3. The molecular weight excluding hydrogens is 200 g/mol. The van der Waals surface area contributed by atoms with Gasteiger partial charge in [-0.2, -0.15) is 0 Å². The van der Waals surface area contributed by atoms with Crippen LogP contribution in [-0.4, -0.2) is 15.5 Å². The third-order valence-electron chi connectivity index (χ3n) is 2.04. The van der Waals surface area contributed by atoms with Gasteiger partial charge in [-0.3, -0.25) is 9.36 Å². The Morgan fingerprint density at radius 1 is 1.31 bits per heavy atom. The summed E-state index contributed by atoms with van der Waals surface area (Å²) in [6, 6.07) is 7.63. The maximum atomic E-state index is 11.3. The number of aromatic nitrogens is 2. The van der Waals surface area contributed by atoms with Crippen molar-refractivity contribution >= 4 is 16.9 Å². The number of aryl methyl sites for hydroxylation is 1. The van der Waals surface area contributed by atoms with Crippen LogP contribution in [0.2, 0.25) is 0 Å². The Morgan fingerprint density at radius 3 is 2.44 bits per heavy atom. The first kappa shape index (κ1) is 12.4. The molecule has 1 aromatic heterocycles. The Hall–Kier alpha value is -1.64. The molecule has 0 bridgehead atoms. The molecule has 0 fully saturated rings. The maximum Gasteiger partial charge on any atom is 0.229 e. The monoisotopic (exact) mass is 218 g/mol. The molecule has 3 heteroatoms. The summed E-state index contributed by atoms with van der Waals surface area (Å²) < 4.78 is 1.62. The van der Waals surface area contributed by atoms with Crippen LogP contribution in [0.5, 0.6) is 0 Å². The average Bonchev–Trinajstić information content (AvgIpc) is 2.54. The largest absolute Gasteiger partial charge is 0.274 e. The second-order valence-corrected chi connectivity index (χ2v) is 3.71. The molecule has 2 rings (SSSR count). The van der Waals surface area contributed by atoms with E-state index in [2.05, 4.69) is 18.8 Å². The van der Waals surface area contributed by atoms with Crippen LogP contribution in [0.25, 0.3) is 11.0 Å². The molecule has 0 aliphatic rings. The highest BCUT2D eigenvalue weighted by atomic mass is 16.1. The summed E-state index contributed by atoms with van der Waals surface area (Å²) in [5, 5.41) is 0. The summed E-state index contributed by atoms with van der Waals surface area (Å²) >= 11 is 0. The molecule has 0 aliphatic heterocycles. The molecule has 0 amide bonds. The molecule has 0 spiro atoms. The van der Waals surface area contributed by atoms with Crippen molar-refractivity contribution in [3.8, 4) is 0 Å². The van der Waals surface area contributed by atoms with Gasteiger partial charge in [-0.05, 0) is 19.1 Å². The first-order valence-corrected chi connectivity index (χ1v) is 5.56. The zero-order valence-corrected chi connectivity index (χ0v) is 10.3. The van der Waals surface area contributed by atoms with E-state index in [1.165, 1.54) is 6.42 Å². The van der Waals surface area contributed by atoms with Crippen molar-refractivity contribution in [3.05, 3.63) is 30.1 Å². The minimum atomic E-state index is 0.00574. The van der Waals surface area contributed by atoms with E-state index in [9.17, 15) is 4.79 Å². The summed E-state index contributed by atoms with van der Waals surface area (Å²) in [6.07, 6.45) is 1.25. The second kappa shape index (κ2) is 5.45. The van der Waals surface area contributed by atoms with Crippen molar-refractivity contribution in [2.45, 2.75) is 34.1 Å². The number of benzene rings is 1. The molecule has 1 aromatic carbocycles. The molecule has 0 aliphatic carbocycles. The number of imidazole rings is 1. The van der Waals surface area contributed by atoms with Gasteiger partial charge in [0.05, 0.1) is 11.0 Å². The quantitative estimate of drug-likeness (QED) is 0.679. The van der Waals surface area contributed by atoms with Gasteiger partial charge in [-0.15, -0.1) is 0 Å². The lowest BCUT2D eigenvalue weighted by Crippen LogP contribution is -2.06. The number of carbonyl (C=O) groups excluding carboxylic acids is 1. The highest BCUT2D eigenvalue weighted by Gasteiger charge is 2.08.